The van der Waals surface area contributed by atoms with Crippen molar-refractivity contribution >= 4 is 17.3 Å². The second-order valence-corrected chi connectivity index (χ2v) is 6.24. The van der Waals surface area contributed by atoms with Gasteiger partial charge in [-0.15, -0.1) is 11.3 Å². The van der Waals surface area contributed by atoms with Crippen molar-refractivity contribution in [3.05, 3.63) is 45.6 Å². The number of hydrogen-bond donors (Lipinski definition) is 0. The summed E-state index contributed by atoms with van der Waals surface area (Å²) in [5, 5.41) is 1.96. The third kappa shape index (κ3) is 3.09. The molecule has 1 aliphatic rings. The molecule has 0 N–H and O–H groups in total. The maximum absolute atomic E-state index is 12.1. The Bertz CT molecular complexity index is 664. The van der Waals surface area contributed by atoms with Gasteiger partial charge in [0, 0.05) is 4.88 Å². The molecule has 1 aromatic carbocycles. The lowest BCUT2D eigenvalue weighted by Crippen LogP contribution is -2.13. The number of rotatable bonds is 5. The molecule has 0 bridgehead atoms. The number of carbonyl (C=O) groups excluding carboxylic acids is 1. The standard InChI is InChI=1S/C17H18O4S/c1-3-14(21-17(18)8-12-5-4-6-22-12)13-9-16-15(7-11(13)2)19-10-20-16/h4-7,9,14H,3,8,10H2,1-2H3. The molecule has 1 aliphatic heterocycles. The topological polar surface area (TPSA) is 44.8 Å². The van der Waals surface area contributed by atoms with E-state index in [0.717, 1.165) is 28.2 Å². The van der Waals surface area contributed by atoms with Crippen LogP contribution in [0.4, 0.5) is 0 Å². The largest absolute Gasteiger partial charge is 0.457 e. The van der Waals surface area contributed by atoms with Crippen molar-refractivity contribution in [2.45, 2.75) is 32.8 Å². The van der Waals surface area contributed by atoms with Crippen molar-refractivity contribution in [3.63, 3.8) is 0 Å². The molecule has 1 aromatic heterocycles. The molecular weight excluding hydrogens is 300 g/mol. The van der Waals surface area contributed by atoms with Crippen LogP contribution in [0.2, 0.25) is 0 Å². The smallest absolute Gasteiger partial charge is 0.311 e. The lowest BCUT2D eigenvalue weighted by atomic mass is 10.0. The molecule has 0 fully saturated rings. The zero-order valence-corrected chi connectivity index (χ0v) is 13.4. The molecule has 116 valence electrons. The predicted octanol–water partition coefficient (Wildman–Crippen LogP) is 4.02. The molecule has 0 saturated carbocycles. The van der Waals surface area contributed by atoms with Crippen molar-refractivity contribution in [2.75, 3.05) is 6.79 Å². The van der Waals surface area contributed by atoms with Crippen LogP contribution in [0.1, 0.15) is 35.5 Å². The fraction of sp³-hybridized carbons (Fsp3) is 0.353. The van der Waals surface area contributed by atoms with Gasteiger partial charge in [-0.1, -0.05) is 13.0 Å². The summed E-state index contributed by atoms with van der Waals surface area (Å²) in [5.74, 6) is 1.26. The van der Waals surface area contributed by atoms with Gasteiger partial charge in [-0.05, 0) is 48.1 Å². The first kappa shape index (κ1) is 14.9. The number of benzene rings is 1. The Morgan fingerprint density at radius 2 is 2.14 bits per heavy atom. The highest BCUT2D eigenvalue weighted by molar-refractivity contribution is 7.10. The minimum Gasteiger partial charge on any atom is -0.457 e. The zero-order valence-electron chi connectivity index (χ0n) is 12.6. The summed E-state index contributed by atoms with van der Waals surface area (Å²) in [7, 11) is 0. The monoisotopic (exact) mass is 318 g/mol. The molecule has 22 heavy (non-hydrogen) atoms. The van der Waals surface area contributed by atoms with Gasteiger partial charge in [-0.25, -0.2) is 0 Å². The van der Waals surface area contributed by atoms with Crippen LogP contribution in [0, 0.1) is 6.92 Å². The summed E-state index contributed by atoms with van der Waals surface area (Å²) in [5.41, 5.74) is 2.02. The number of carbonyl (C=O) groups is 1. The van der Waals surface area contributed by atoms with E-state index in [0.29, 0.717) is 12.2 Å². The fourth-order valence-electron chi connectivity index (χ4n) is 2.53. The van der Waals surface area contributed by atoms with Crippen LogP contribution in [-0.4, -0.2) is 12.8 Å². The molecular formula is C17H18O4S. The van der Waals surface area contributed by atoms with Crippen LogP contribution in [0.3, 0.4) is 0 Å². The number of aryl methyl sites for hydroxylation is 1. The lowest BCUT2D eigenvalue weighted by molar-refractivity contribution is -0.148. The Hall–Kier alpha value is -2.01. The first-order chi connectivity index (χ1) is 10.7. The van der Waals surface area contributed by atoms with E-state index in [1.54, 1.807) is 11.3 Å². The quantitative estimate of drug-likeness (QED) is 0.781. The second kappa shape index (κ2) is 6.40. The van der Waals surface area contributed by atoms with Crippen LogP contribution in [0.25, 0.3) is 0 Å². The Morgan fingerprint density at radius 3 is 2.82 bits per heavy atom. The fourth-order valence-corrected chi connectivity index (χ4v) is 3.22. The molecule has 3 rings (SSSR count). The number of hydrogen-bond acceptors (Lipinski definition) is 5. The third-order valence-electron chi connectivity index (χ3n) is 3.65. The summed E-state index contributed by atoms with van der Waals surface area (Å²) in [6, 6.07) is 7.74. The molecule has 1 unspecified atom stereocenters. The average molecular weight is 318 g/mol. The summed E-state index contributed by atoms with van der Waals surface area (Å²) in [6.45, 7) is 4.24. The minimum absolute atomic E-state index is 0.202. The Kier molecular flexibility index (Phi) is 4.34. The number of thiophene rings is 1. The molecule has 1 atom stereocenters. The summed E-state index contributed by atoms with van der Waals surface area (Å²) in [6.07, 6.45) is 0.774. The highest BCUT2D eigenvalue weighted by Gasteiger charge is 2.22. The Morgan fingerprint density at radius 1 is 1.36 bits per heavy atom. The predicted molar refractivity (Wildman–Crippen MR) is 84.4 cm³/mol. The van der Waals surface area contributed by atoms with E-state index in [2.05, 4.69) is 0 Å². The van der Waals surface area contributed by atoms with E-state index in [4.69, 9.17) is 14.2 Å². The molecule has 0 spiro atoms. The van der Waals surface area contributed by atoms with Gasteiger partial charge in [0.15, 0.2) is 11.5 Å². The van der Waals surface area contributed by atoms with E-state index in [1.165, 1.54) is 0 Å². The molecule has 5 heteroatoms. The number of fused-ring (bicyclic) bond motifs is 1. The second-order valence-electron chi connectivity index (χ2n) is 5.20. The van der Waals surface area contributed by atoms with Crippen molar-refractivity contribution in [3.8, 4) is 11.5 Å². The summed E-state index contributed by atoms with van der Waals surface area (Å²) >= 11 is 1.56. The van der Waals surface area contributed by atoms with E-state index >= 15 is 0 Å². The van der Waals surface area contributed by atoms with E-state index < -0.39 is 0 Å². The summed E-state index contributed by atoms with van der Waals surface area (Å²) in [4.78, 5) is 13.1. The minimum atomic E-state index is -0.262. The molecule has 0 amide bonds. The lowest BCUT2D eigenvalue weighted by Gasteiger charge is -2.19. The molecule has 0 aliphatic carbocycles. The first-order valence-corrected chi connectivity index (χ1v) is 8.17. The van der Waals surface area contributed by atoms with E-state index in [9.17, 15) is 4.79 Å². The molecule has 4 nitrogen and oxygen atoms in total. The number of ether oxygens (including phenoxy) is 3. The zero-order chi connectivity index (χ0) is 15.5. The van der Waals surface area contributed by atoms with Gasteiger partial charge in [0.1, 0.15) is 6.10 Å². The maximum Gasteiger partial charge on any atom is 0.311 e. The van der Waals surface area contributed by atoms with Crippen molar-refractivity contribution in [1.82, 2.24) is 0 Å². The summed E-state index contributed by atoms with van der Waals surface area (Å²) < 4.78 is 16.5. The molecule has 0 saturated heterocycles. The Labute approximate surface area is 133 Å². The van der Waals surface area contributed by atoms with E-state index in [-0.39, 0.29) is 18.9 Å². The van der Waals surface area contributed by atoms with Crippen LogP contribution >= 0.6 is 11.3 Å². The van der Waals surface area contributed by atoms with E-state index in [1.807, 2.05) is 43.5 Å². The van der Waals surface area contributed by atoms with Gasteiger partial charge in [-0.2, -0.15) is 0 Å². The van der Waals surface area contributed by atoms with Gasteiger partial charge < -0.3 is 14.2 Å². The number of esters is 1. The Balaban J connectivity index is 1.75. The van der Waals surface area contributed by atoms with Crippen LogP contribution < -0.4 is 9.47 Å². The molecule has 0 radical (unpaired) electrons. The SMILES string of the molecule is CCC(OC(=O)Cc1cccs1)c1cc2c(cc1C)OCO2. The van der Waals surface area contributed by atoms with Crippen LogP contribution in [0.5, 0.6) is 11.5 Å². The first-order valence-electron chi connectivity index (χ1n) is 7.29. The van der Waals surface area contributed by atoms with Gasteiger partial charge in [0.05, 0.1) is 6.42 Å². The van der Waals surface area contributed by atoms with Gasteiger partial charge >= 0.3 is 5.97 Å². The van der Waals surface area contributed by atoms with Crippen molar-refractivity contribution in [1.29, 1.82) is 0 Å². The van der Waals surface area contributed by atoms with Crippen molar-refractivity contribution in [2.24, 2.45) is 0 Å². The van der Waals surface area contributed by atoms with Gasteiger partial charge in [-0.3, -0.25) is 4.79 Å². The average Bonchev–Trinajstić information content (AvgIpc) is 3.15. The molecule has 2 aromatic rings. The molecule has 2 heterocycles. The van der Waals surface area contributed by atoms with Crippen LogP contribution in [0.15, 0.2) is 29.6 Å². The van der Waals surface area contributed by atoms with Gasteiger partial charge in [0.2, 0.25) is 6.79 Å². The highest BCUT2D eigenvalue weighted by Crippen LogP contribution is 2.38. The highest BCUT2D eigenvalue weighted by atomic mass is 32.1. The van der Waals surface area contributed by atoms with Crippen LogP contribution in [-0.2, 0) is 16.0 Å². The normalized spacial score (nSPS) is 13.9. The van der Waals surface area contributed by atoms with Gasteiger partial charge in [0.25, 0.3) is 0 Å². The van der Waals surface area contributed by atoms with Crippen molar-refractivity contribution < 1.29 is 19.0 Å². The maximum atomic E-state index is 12.1. The third-order valence-corrected chi connectivity index (χ3v) is 4.53.